The smallest absolute Gasteiger partial charge is 0.227 e. The lowest BCUT2D eigenvalue weighted by molar-refractivity contribution is -0.121. The van der Waals surface area contributed by atoms with Gasteiger partial charge in [0.05, 0.1) is 11.9 Å². The van der Waals surface area contributed by atoms with E-state index in [1.165, 1.54) is 32.1 Å². The first kappa shape index (κ1) is 14.0. The summed E-state index contributed by atoms with van der Waals surface area (Å²) in [6.07, 6.45) is 11.9. The molecule has 0 aliphatic heterocycles. The van der Waals surface area contributed by atoms with Gasteiger partial charge in [0.15, 0.2) is 0 Å². The molecule has 3 heteroatoms. The van der Waals surface area contributed by atoms with E-state index in [2.05, 4.69) is 17.2 Å². The first-order valence-electron chi connectivity index (χ1n) is 7.50. The minimum absolute atomic E-state index is 0.168. The number of hydrogen-bond donors (Lipinski definition) is 1. The summed E-state index contributed by atoms with van der Waals surface area (Å²) >= 11 is 0. The third-order valence-electron chi connectivity index (χ3n) is 4.11. The van der Waals surface area contributed by atoms with Crippen molar-refractivity contribution >= 4 is 11.6 Å². The van der Waals surface area contributed by atoms with Crippen LogP contribution in [0, 0.1) is 11.8 Å². The van der Waals surface area contributed by atoms with Gasteiger partial charge in [-0.3, -0.25) is 9.78 Å². The lowest BCUT2D eigenvalue weighted by Gasteiger charge is -2.27. The van der Waals surface area contributed by atoms with E-state index in [-0.39, 0.29) is 11.8 Å². The number of rotatable bonds is 5. The molecule has 1 aromatic heterocycles. The maximum absolute atomic E-state index is 12.1. The van der Waals surface area contributed by atoms with Crippen molar-refractivity contribution in [3.8, 4) is 0 Å². The van der Waals surface area contributed by atoms with Crippen molar-refractivity contribution in [3.05, 3.63) is 24.5 Å². The van der Waals surface area contributed by atoms with Crippen LogP contribution in [0.1, 0.15) is 51.9 Å². The van der Waals surface area contributed by atoms with Crippen molar-refractivity contribution in [3.63, 3.8) is 0 Å². The van der Waals surface area contributed by atoms with Gasteiger partial charge in [-0.05, 0) is 43.7 Å². The first-order chi connectivity index (χ1) is 9.29. The normalized spacial score (nSPS) is 23.0. The summed E-state index contributed by atoms with van der Waals surface area (Å²) in [5, 5.41) is 2.97. The molecule has 0 saturated heterocycles. The Morgan fingerprint density at radius 2 is 2.16 bits per heavy atom. The molecule has 2 rings (SSSR count). The van der Waals surface area contributed by atoms with Crippen LogP contribution in [0.15, 0.2) is 24.5 Å². The van der Waals surface area contributed by atoms with Crippen LogP contribution in [0.2, 0.25) is 0 Å². The molecule has 0 aromatic carbocycles. The average Bonchev–Trinajstić information content (AvgIpc) is 2.46. The third-order valence-corrected chi connectivity index (χ3v) is 4.11. The number of nitrogens with one attached hydrogen (secondary N) is 1. The van der Waals surface area contributed by atoms with Crippen molar-refractivity contribution < 1.29 is 4.79 Å². The Hall–Kier alpha value is -1.38. The molecule has 1 N–H and O–H groups in total. The molecule has 1 aromatic rings. The fourth-order valence-corrected chi connectivity index (χ4v) is 2.89. The van der Waals surface area contributed by atoms with Crippen LogP contribution < -0.4 is 5.32 Å². The van der Waals surface area contributed by atoms with Gasteiger partial charge in [-0.2, -0.15) is 0 Å². The lowest BCUT2D eigenvalue weighted by Crippen LogP contribution is -2.27. The monoisotopic (exact) mass is 260 g/mol. The van der Waals surface area contributed by atoms with Gasteiger partial charge in [0.2, 0.25) is 5.91 Å². The number of amides is 1. The van der Waals surface area contributed by atoms with Gasteiger partial charge in [-0.1, -0.05) is 26.2 Å². The minimum Gasteiger partial charge on any atom is -0.324 e. The predicted molar refractivity (Wildman–Crippen MR) is 77.8 cm³/mol. The van der Waals surface area contributed by atoms with E-state index in [9.17, 15) is 4.79 Å². The second kappa shape index (κ2) is 7.27. The second-order valence-corrected chi connectivity index (χ2v) is 5.59. The molecule has 1 aliphatic carbocycles. The molecule has 1 saturated carbocycles. The average molecular weight is 260 g/mol. The topological polar surface area (TPSA) is 42.0 Å². The predicted octanol–water partition coefficient (Wildman–Crippen LogP) is 4.02. The maximum atomic E-state index is 12.1. The summed E-state index contributed by atoms with van der Waals surface area (Å²) in [5.74, 6) is 1.21. The van der Waals surface area contributed by atoms with E-state index in [0.29, 0.717) is 0 Å². The number of aromatic nitrogens is 1. The molecule has 19 heavy (non-hydrogen) atoms. The summed E-state index contributed by atoms with van der Waals surface area (Å²) in [6.45, 7) is 2.24. The second-order valence-electron chi connectivity index (χ2n) is 5.59. The van der Waals surface area contributed by atoms with E-state index in [0.717, 1.165) is 24.4 Å². The molecule has 1 aliphatic rings. The summed E-state index contributed by atoms with van der Waals surface area (Å²) in [7, 11) is 0. The van der Waals surface area contributed by atoms with E-state index in [1.807, 2.05) is 12.1 Å². The van der Waals surface area contributed by atoms with Gasteiger partial charge in [0.1, 0.15) is 0 Å². The molecule has 0 bridgehead atoms. The number of pyridine rings is 1. The third kappa shape index (κ3) is 4.34. The first-order valence-corrected chi connectivity index (χ1v) is 7.50. The molecule has 1 amide bonds. The Bertz CT molecular complexity index is 383. The fraction of sp³-hybridized carbons (Fsp3) is 0.625. The Kier molecular flexibility index (Phi) is 5.37. The molecule has 1 fully saturated rings. The Morgan fingerprint density at radius 3 is 2.79 bits per heavy atom. The van der Waals surface area contributed by atoms with Crippen LogP contribution in [-0.2, 0) is 4.79 Å². The van der Waals surface area contributed by atoms with Crippen molar-refractivity contribution in [2.24, 2.45) is 11.8 Å². The molecular weight excluding hydrogens is 236 g/mol. The molecule has 0 atom stereocenters. The quantitative estimate of drug-likeness (QED) is 0.869. The highest BCUT2D eigenvalue weighted by Crippen LogP contribution is 2.32. The SMILES string of the molecule is CCCCC1CCC(C(=O)Nc2cccnc2)CC1. The Labute approximate surface area is 115 Å². The van der Waals surface area contributed by atoms with Crippen molar-refractivity contribution in [1.82, 2.24) is 4.98 Å². The van der Waals surface area contributed by atoms with Crippen LogP contribution >= 0.6 is 0 Å². The van der Waals surface area contributed by atoms with Gasteiger partial charge >= 0.3 is 0 Å². The molecule has 3 nitrogen and oxygen atoms in total. The maximum Gasteiger partial charge on any atom is 0.227 e. The van der Waals surface area contributed by atoms with Crippen LogP contribution in [-0.4, -0.2) is 10.9 Å². The zero-order valence-corrected chi connectivity index (χ0v) is 11.8. The van der Waals surface area contributed by atoms with Crippen molar-refractivity contribution in [2.75, 3.05) is 5.32 Å². The summed E-state index contributed by atoms with van der Waals surface area (Å²) in [6, 6.07) is 3.73. The number of hydrogen-bond acceptors (Lipinski definition) is 2. The highest BCUT2D eigenvalue weighted by molar-refractivity contribution is 5.92. The summed E-state index contributed by atoms with van der Waals surface area (Å²) < 4.78 is 0. The number of carbonyl (C=O) groups is 1. The zero-order chi connectivity index (χ0) is 13.5. The number of carbonyl (C=O) groups excluding carboxylic acids is 1. The minimum atomic E-state index is 0.168. The highest BCUT2D eigenvalue weighted by Gasteiger charge is 2.25. The van der Waals surface area contributed by atoms with E-state index in [4.69, 9.17) is 0 Å². The fourth-order valence-electron chi connectivity index (χ4n) is 2.89. The summed E-state index contributed by atoms with van der Waals surface area (Å²) in [5.41, 5.74) is 0.806. The van der Waals surface area contributed by atoms with Gasteiger partial charge in [0.25, 0.3) is 0 Å². The van der Waals surface area contributed by atoms with Crippen molar-refractivity contribution in [1.29, 1.82) is 0 Å². The molecule has 104 valence electrons. The van der Waals surface area contributed by atoms with E-state index < -0.39 is 0 Å². The van der Waals surface area contributed by atoms with Crippen LogP contribution in [0.3, 0.4) is 0 Å². The van der Waals surface area contributed by atoms with Gasteiger partial charge in [0, 0.05) is 12.1 Å². The number of nitrogens with zero attached hydrogens (tertiary/aromatic N) is 1. The molecular formula is C16H24N2O. The van der Waals surface area contributed by atoms with Crippen LogP contribution in [0.4, 0.5) is 5.69 Å². The van der Waals surface area contributed by atoms with Gasteiger partial charge in [-0.15, -0.1) is 0 Å². The molecule has 0 unspecified atom stereocenters. The van der Waals surface area contributed by atoms with Crippen LogP contribution in [0.5, 0.6) is 0 Å². The standard InChI is InChI=1S/C16H24N2O/c1-2-3-5-13-7-9-14(10-8-13)16(19)18-15-6-4-11-17-12-15/h4,6,11-14H,2-3,5,7-10H2,1H3,(H,18,19). The molecule has 1 heterocycles. The van der Waals surface area contributed by atoms with Crippen molar-refractivity contribution in [2.45, 2.75) is 51.9 Å². The molecule has 0 radical (unpaired) electrons. The van der Waals surface area contributed by atoms with E-state index >= 15 is 0 Å². The highest BCUT2D eigenvalue weighted by atomic mass is 16.1. The Balaban J connectivity index is 1.76. The lowest BCUT2D eigenvalue weighted by atomic mass is 9.79. The molecule has 0 spiro atoms. The number of anilines is 1. The number of unbranched alkanes of at least 4 members (excludes halogenated alkanes) is 1. The van der Waals surface area contributed by atoms with E-state index in [1.54, 1.807) is 12.4 Å². The largest absolute Gasteiger partial charge is 0.324 e. The van der Waals surface area contributed by atoms with Gasteiger partial charge < -0.3 is 5.32 Å². The van der Waals surface area contributed by atoms with Crippen LogP contribution in [0.25, 0.3) is 0 Å². The summed E-state index contributed by atoms with van der Waals surface area (Å²) in [4.78, 5) is 16.2. The van der Waals surface area contributed by atoms with Gasteiger partial charge in [-0.25, -0.2) is 0 Å². The zero-order valence-electron chi connectivity index (χ0n) is 11.8. The Morgan fingerprint density at radius 1 is 1.37 bits per heavy atom.